The standard InChI is InChI=1S/C13H17N3O3S/c1-4-8(2)10-6-5-9(12(17)16-13(14)15)7-11(10)20(3,18)19/h5-7H,2,4H2,1,3H3,(H4,14,15,16,17). The molecular weight excluding hydrogens is 278 g/mol. The molecule has 0 atom stereocenters. The number of hydrogen-bond donors (Lipinski definition) is 2. The van der Waals surface area contributed by atoms with Crippen molar-refractivity contribution in [3.63, 3.8) is 0 Å². The predicted molar refractivity (Wildman–Crippen MR) is 79.0 cm³/mol. The van der Waals surface area contributed by atoms with Gasteiger partial charge in [0, 0.05) is 11.8 Å². The molecule has 4 N–H and O–H groups in total. The molecule has 0 saturated heterocycles. The lowest BCUT2D eigenvalue weighted by atomic mass is 10.0. The Balaban J connectivity index is 3.48. The molecule has 7 heteroatoms. The van der Waals surface area contributed by atoms with Gasteiger partial charge in [0.2, 0.25) is 0 Å². The minimum Gasteiger partial charge on any atom is -0.370 e. The van der Waals surface area contributed by atoms with Gasteiger partial charge in [-0.15, -0.1) is 0 Å². The van der Waals surface area contributed by atoms with E-state index >= 15 is 0 Å². The molecule has 0 aromatic heterocycles. The van der Waals surface area contributed by atoms with Gasteiger partial charge in [0.1, 0.15) is 0 Å². The van der Waals surface area contributed by atoms with Crippen LogP contribution in [0.4, 0.5) is 0 Å². The third-order valence-corrected chi connectivity index (χ3v) is 3.80. The molecule has 0 saturated carbocycles. The number of carbonyl (C=O) groups is 1. The number of amides is 1. The highest BCUT2D eigenvalue weighted by Crippen LogP contribution is 2.26. The second-order valence-corrected chi connectivity index (χ2v) is 6.27. The first-order valence-electron chi connectivity index (χ1n) is 5.83. The van der Waals surface area contributed by atoms with E-state index in [1.54, 1.807) is 0 Å². The molecule has 0 fully saturated rings. The highest BCUT2D eigenvalue weighted by atomic mass is 32.2. The zero-order chi connectivity index (χ0) is 15.5. The van der Waals surface area contributed by atoms with Crippen LogP contribution in [0, 0.1) is 0 Å². The summed E-state index contributed by atoms with van der Waals surface area (Å²) in [5.41, 5.74) is 11.5. The van der Waals surface area contributed by atoms with Crippen molar-refractivity contribution < 1.29 is 13.2 Å². The Labute approximate surface area is 118 Å². The topological polar surface area (TPSA) is 116 Å². The molecule has 0 radical (unpaired) electrons. The Kier molecular flexibility index (Phi) is 4.67. The molecule has 0 aliphatic carbocycles. The average Bonchev–Trinajstić information content (AvgIpc) is 2.35. The van der Waals surface area contributed by atoms with E-state index in [0.717, 1.165) is 6.26 Å². The molecule has 1 aromatic rings. The normalized spacial score (nSPS) is 10.9. The lowest BCUT2D eigenvalue weighted by Gasteiger charge is -2.10. The van der Waals surface area contributed by atoms with Gasteiger partial charge >= 0.3 is 0 Å². The summed E-state index contributed by atoms with van der Waals surface area (Å²) in [5.74, 6) is -1.07. The average molecular weight is 295 g/mol. The van der Waals surface area contributed by atoms with Crippen molar-refractivity contribution in [3.05, 3.63) is 35.9 Å². The van der Waals surface area contributed by atoms with Crippen LogP contribution in [0.5, 0.6) is 0 Å². The third kappa shape index (κ3) is 3.67. The number of allylic oxidation sites excluding steroid dienone is 1. The number of hydrogen-bond acceptors (Lipinski definition) is 3. The minimum atomic E-state index is -3.50. The molecule has 6 nitrogen and oxygen atoms in total. The molecule has 0 aliphatic heterocycles. The van der Waals surface area contributed by atoms with Crippen LogP contribution < -0.4 is 11.5 Å². The van der Waals surface area contributed by atoms with Crippen molar-refractivity contribution >= 4 is 27.3 Å². The van der Waals surface area contributed by atoms with E-state index in [9.17, 15) is 13.2 Å². The second-order valence-electron chi connectivity index (χ2n) is 4.28. The fourth-order valence-electron chi connectivity index (χ4n) is 1.63. The molecule has 108 valence electrons. The van der Waals surface area contributed by atoms with Crippen LogP contribution in [0.2, 0.25) is 0 Å². The van der Waals surface area contributed by atoms with E-state index in [2.05, 4.69) is 11.6 Å². The molecular formula is C13H17N3O3S. The number of aliphatic imine (C=N–C) groups is 1. The molecule has 0 bridgehead atoms. The Hall–Kier alpha value is -2.15. The summed E-state index contributed by atoms with van der Waals surface area (Å²) in [4.78, 5) is 15.1. The predicted octanol–water partition coefficient (Wildman–Crippen LogP) is 0.927. The van der Waals surface area contributed by atoms with Crippen molar-refractivity contribution in [1.82, 2.24) is 0 Å². The Bertz CT molecular complexity index is 687. The van der Waals surface area contributed by atoms with Crippen molar-refractivity contribution in [2.75, 3.05) is 6.26 Å². The fraction of sp³-hybridized carbons (Fsp3) is 0.231. The lowest BCUT2D eigenvalue weighted by Crippen LogP contribution is -2.24. The van der Waals surface area contributed by atoms with Crippen molar-refractivity contribution in [1.29, 1.82) is 0 Å². The van der Waals surface area contributed by atoms with Crippen LogP contribution in [-0.2, 0) is 9.84 Å². The molecule has 20 heavy (non-hydrogen) atoms. The molecule has 0 aliphatic rings. The van der Waals surface area contributed by atoms with Crippen LogP contribution in [-0.4, -0.2) is 26.5 Å². The van der Waals surface area contributed by atoms with Crippen LogP contribution in [0.1, 0.15) is 29.3 Å². The Morgan fingerprint density at radius 3 is 2.40 bits per heavy atom. The van der Waals surface area contributed by atoms with E-state index in [1.165, 1.54) is 18.2 Å². The summed E-state index contributed by atoms with van der Waals surface area (Å²) >= 11 is 0. The fourth-order valence-corrected chi connectivity index (χ4v) is 2.58. The van der Waals surface area contributed by atoms with Gasteiger partial charge in [-0.25, -0.2) is 8.42 Å². The van der Waals surface area contributed by atoms with Crippen LogP contribution >= 0.6 is 0 Å². The zero-order valence-corrected chi connectivity index (χ0v) is 12.2. The molecule has 0 spiro atoms. The first kappa shape index (κ1) is 15.9. The zero-order valence-electron chi connectivity index (χ0n) is 11.4. The van der Waals surface area contributed by atoms with E-state index in [1.807, 2.05) is 6.92 Å². The van der Waals surface area contributed by atoms with Gasteiger partial charge < -0.3 is 11.5 Å². The molecule has 0 unspecified atom stereocenters. The minimum absolute atomic E-state index is 0.0426. The first-order chi connectivity index (χ1) is 9.16. The smallest absolute Gasteiger partial charge is 0.280 e. The summed E-state index contributed by atoms with van der Waals surface area (Å²) in [6, 6.07) is 4.28. The quantitative estimate of drug-likeness (QED) is 0.633. The molecule has 1 aromatic carbocycles. The van der Waals surface area contributed by atoms with Crippen LogP contribution in [0.25, 0.3) is 5.57 Å². The number of rotatable bonds is 4. The largest absolute Gasteiger partial charge is 0.370 e. The maximum absolute atomic E-state index is 11.8. The molecule has 0 heterocycles. The van der Waals surface area contributed by atoms with E-state index < -0.39 is 15.7 Å². The van der Waals surface area contributed by atoms with Gasteiger partial charge in [0.15, 0.2) is 15.8 Å². The SMILES string of the molecule is C=C(CC)c1ccc(C(=O)N=C(N)N)cc1S(C)(=O)=O. The number of guanidine groups is 1. The van der Waals surface area contributed by atoms with Gasteiger partial charge in [-0.1, -0.05) is 19.6 Å². The summed E-state index contributed by atoms with van der Waals surface area (Å²) in [7, 11) is -3.50. The number of sulfone groups is 1. The van der Waals surface area contributed by atoms with E-state index in [0.29, 0.717) is 17.6 Å². The number of nitrogens with zero attached hydrogens (tertiary/aromatic N) is 1. The Morgan fingerprint density at radius 2 is 1.95 bits per heavy atom. The van der Waals surface area contributed by atoms with Crippen molar-refractivity contribution in [2.24, 2.45) is 16.5 Å². The third-order valence-electron chi connectivity index (χ3n) is 2.67. The molecule has 1 amide bonds. The van der Waals surface area contributed by atoms with Crippen LogP contribution in [0.15, 0.2) is 34.7 Å². The first-order valence-corrected chi connectivity index (χ1v) is 7.72. The monoisotopic (exact) mass is 295 g/mol. The van der Waals surface area contributed by atoms with E-state index in [4.69, 9.17) is 11.5 Å². The van der Waals surface area contributed by atoms with Crippen molar-refractivity contribution in [2.45, 2.75) is 18.2 Å². The van der Waals surface area contributed by atoms with Crippen molar-refractivity contribution in [3.8, 4) is 0 Å². The van der Waals surface area contributed by atoms with Gasteiger partial charge in [-0.3, -0.25) is 4.79 Å². The number of benzene rings is 1. The summed E-state index contributed by atoms with van der Waals surface area (Å²) in [5, 5.41) is 0. The van der Waals surface area contributed by atoms with Gasteiger partial charge in [-0.2, -0.15) is 4.99 Å². The highest BCUT2D eigenvalue weighted by Gasteiger charge is 2.17. The maximum Gasteiger partial charge on any atom is 0.280 e. The van der Waals surface area contributed by atoms with Gasteiger partial charge in [0.05, 0.1) is 4.90 Å². The van der Waals surface area contributed by atoms with Gasteiger partial charge in [0.25, 0.3) is 5.91 Å². The maximum atomic E-state index is 11.8. The van der Waals surface area contributed by atoms with E-state index in [-0.39, 0.29) is 16.4 Å². The number of nitrogens with two attached hydrogens (primary N) is 2. The summed E-state index contributed by atoms with van der Waals surface area (Å²) < 4.78 is 23.7. The second kappa shape index (κ2) is 5.87. The Morgan fingerprint density at radius 1 is 1.35 bits per heavy atom. The number of carbonyl (C=O) groups excluding carboxylic acids is 1. The van der Waals surface area contributed by atoms with Gasteiger partial charge in [-0.05, 0) is 29.7 Å². The molecule has 1 rings (SSSR count). The highest BCUT2D eigenvalue weighted by molar-refractivity contribution is 7.90. The summed E-state index contributed by atoms with van der Waals surface area (Å²) in [6.45, 7) is 5.69. The summed E-state index contributed by atoms with van der Waals surface area (Å²) in [6.07, 6.45) is 1.67. The van der Waals surface area contributed by atoms with Crippen LogP contribution in [0.3, 0.4) is 0 Å². The lowest BCUT2D eigenvalue weighted by molar-refractivity contribution is 0.100.